The molecule has 3 heterocycles. The Morgan fingerprint density at radius 3 is 2.45 bits per heavy atom. The molecule has 0 radical (unpaired) electrons. The molecule has 31 heavy (non-hydrogen) atoms. The highest BCUT2D eigenvalue weighted by atomic mass is 35.5. The van der Waals surface area contributed by atoms with E-state index in [4.69, 9.17) is 16.3 Å². The summed E-state index contributed by atoms with van der Waals surface area (Å²) in [4.78, 5) is 14.0. The zero-order valence-corrected chi connectivity index (χ0v) is 18.9. The number of aromatic amines is 1. The maximum absolute atomic E-state index is 13.0. The molecular formula is C20H21ClN4O4S2. The monoisotopic (exact) mass is 480 g/mol. The van der Waals surface area contributed by atoms with E-state index >= 15 is 0 Å². The van der Waals surface area contributed by atoms with Crippen molar-refractivity contribution in [1.82, 2.24) is 19.4 Å². The molecule has 3 aromatic rings. The number of aromatic nitrogens is 2. The van der Waals surface area contributed by atoms with Crippen LogP contribution in [0.2, 0.25) is 5.02 Å². The number of rotatable bonds is 7. The highest BCUT2D eigenvalue weighted by molar-refractivity contribution is 7.91. The van der Waals surface area contributed by atoms with Crippen molar-refractivity contribution >= 4 is 33.0 Å². The minimum atomic E-state index is -3.57. The Bertz CT molecular complexity index is 1170. The number of hydrogen-bond donors (Lipinski definition) is 1. The van der Waals surface area contributed by atoms with Crippen molar-refractivity contribution < 1.29 is 13.2 Å². The molecule has 0 bridgehead atoms. The zero-order chi connectivity index (χ0) is 21.8. The predicted octanol–water partition coefficient (Wildman–Crippen LogP) is 2.54. The van der Waals surface area contributed by atoms with Gasteiger partial charge in [-0.15, -0.1) is 11.3 Å². The topological polar surface area (TPSA) is 95.6 Å². The number of benzene rings is 1. The fraction of sp³-hybridized carbons (Fsp3) is 0.300. The molecule has 1 fully saturated rings. The average molecular weight is 481 g/mol. The SMILES string of the molecule is O=c1ccc(-c2ccc(S(=O)(=O)N3CCN(CCOc4ccc(Cl)cc4)CC3)s2)n[nH]1. The van der Waals surface area contributed by atoms with E-state index in [9.17, 15) is 13.2 Å². The lowest BCUT2D eigenvalue weighted by molar-refractivity contribution is 0.159. The lowest BCUT2D eigenvalue weighted by atomic mass is 10.3. The van der Waals surface area contributed by atoms with Crippen LogP contribution in [0.1, 0.15) is 0 Å². The lowest BCUT2D eigenvalue weighted by Gasteiger charge is -2.33. The quantitative estimate of drug-likeness (QED) is 0.558. The van der Waals surface area contributed by atoms with Crippen molar-refractivity contribution in [3.05, 3.63) is 63.9 Å². The number of hydrogen-bond acceptors (Lipinski definition) is 7. The standard InChI is InChI=1S/C20H21ClN4O4S2/c21-15-1-3-16(4-2-15)29-14-13-24-9-11-25(12-10-24)31(27,28)20-8-6-18(30-20)17-5-7-19(26)23-22-17/h1-8H,9-14H2,(H,23,26). The van der Waals surface area contributed by atoms with Crippen LogP contribution in [0.4, 0.5) is 0 Å². The van der Waals surface area contributed by atoms with Crippen LogP contribution in [-0.4, -0.2) is 67.2 Å². The molecule has 2 aromatic heterocycles. The molecule has 164 valence electrons. The highest BCUT2D eigenvalue weighted by Crippen LogP contribution is 2.31. The fourth-order valence-corrected chi connectivity index (χ4v) is 6.20. The Morgan fingerprint density at radius 1 is 1.03 bits per heavy atom. The molecule has 1 aliphatic heterocycles. The molecule has 0 saturated carbocycles. The number of ether oxygens (including phenoxy) is 1. The van der Waals surface area contributed by atoms with Crippen LogP contribution in [-0.2, 0) is 10.0 Å². The number of piperazine rings is 1. The Morgan fingerprint density at radius 2 is 1.77 bits per heavy atom. The average Bonchev–Trinajstić information content (AvgIpc) is 3.27. The molecule has 1 saturated heterocycles. The normalized spacial score (nSPS) is 15.8. The summed E-state index contributed by atoms with van der Waals surface area (Å²) in [5.41, 5.74) is 0.237. The van der Waals surface area contributed by atoms with Gasteiger partial charge in [-0.3, -0.25) is 9.69 Å². The van der Waals surface area contributed by atoms with Crippen molar-refractivity contribution in [1.29, 1.82) is 0 Å². The van der Waals surface area contributed by atoms with Crippen molar-refractivity contribution in [3.8, 4) is 16.3 Å². The maximum Gasteiger partial charge on any atom is 0.264 e. The van der Waals surface area contributed by atoms with Crippen LogP contribution >= 0.6 is 22.9 Å². The van der Waals surface area contributed by atoms with Crippen LogP contribution < -0.4 is 10.3 Å². The molecule has 0 amide bonds. The van der Waals surface area contributed by atoms with Crippen LogP contribution in [0.5, 0.6) is 5.75 Å². The number of nitrogens with one attached hydrogen (secondary N) is 1. The Hall–Kier alpha value is -2.24. The van der Waals surface area contributed by atoms with Gasteiger partial charge in [0.15, 0.2) is 0 Å². The van der Waals surface area contributed by atoms with Gasteiger partial charge < -0.3 is 4.74 Å². The van der Waals surface area contributed by atoms with Crippen molar-refractivity contribution in [2.45, 2.75) is 4.21 Å². The molecule has 1 N–H and O–H groups in total. The zero-order valence-electron chi connectivity index (χ0n) is 16.5. The van der Waals surface area contributed by atoms with Gasteiger partial charge in [0.2, 0.25) is 0 Å². The van der Waals surface area contributed by atoms with E-state index < -0.39 is 10.0 Å². The second-order valence-corrected chi connectivity index (χ2v) is 10.7. The molecule has 1 aromatic carbocycles. The van der Waals surface area contributed by atoms with E-state index in [1.807, 2.05) is 12.1 Å². The molecule has 11 heteroatoms. The molecule has 4 rings (SSSR count). The van der Waals surface area contributed by atoms with Gasteiger partial charge in [-0.2, -0.15) is 9.40 Å². The van der Waals surface area contributed by atoms with E-state index in [1.54, 1.807) is 30.3 Å². The molecule has 1 aliphatic rings. The largest absolute Gasteiger partial charge is 0.492 e. The second kappa shape index (κ2) is 9.49. The summed E-state index contributed by atoms with van der Waals surface area (Å²) in [5, 5.41) is 6.99. The van der Waals surface area contributed by atoms with E-state index in [0.717, 1.165) is 23.6 Å². The van der Waals surface area contributed by atoms with Crippen LogP contribution in [0.15, 0.2) is 57.5 Å². The Labute approximate surface area is 189 Å². The molecular weight excluding hydrogens is 460 g/mol. The lowest BCUT2D eigenvalue weighted by Crippen LogP contribution is -2.49. The summed E-state index contributed by atoms with van der Waals surface area (Å²) in [6.45, 7) is 3.37. The van der Waals surface area contributed by atoms with Crippen LogP contribution in [0.3, 0.4) is 0 Å². The van der Waals surface area contributed by atoms with Gasteiger partial charge in [-0.25, -0.2) is 13.5 Å². The molecule has 8 nitrogen and oxygen atoms in total. The Balaban J connectivity index is 1.31. The maximum atomic E-state index is 13.0. The number of thiophene rings is 1. The number of nitrogens with zero attached hydrogens (tertiary/aromatic N) is 3. The third kappa shape index (κ3) is 5.34. The van der Waals surface area contributed by atoms with Gasteiger partial charge in [-0.05, 0) is 42.5 Å². The van der Waals surface area contributed by atoms with Gasteiger partial charge in [0.25, 0.3) is 15.6 Å². The number of sulfonamides is 1. The summed E-state index contributed by atoms with van der Waals surface area (Å²) in [5.74, 6) is 0.760. The first-order valence-electron chi connectivity index (χ1n) is 9.69. The second-order valence-electron chi connectivity index (χ2n) is 6.97. The van der Waals surface area contributed by atoms with Gasteiger partial charge in [0.1, 0.15) is 22.3 Å². The summed E-state index contributed by atoms with van der Waals surface area (Å²) in [7, 11) is -3.57. The van der Waals surface area contributed by atoms with E-state index in [1.165, 1.54) is 10.4 Å². The first-order chi connectivity index (χ1) is 14.9. The third-order valence-corrected chi connectivity index (χ3v) is 8.65. The smallest absolute Gasteiger partial charge is 0.264 e. The summed E-state index contributed by atoms with van der Waals surface area (Å²) < 4.78 is 33.6. The van der Waals surface area contributed by atoms with E-state index in [0.29, 0.717) is 48.4 Å². The molecule has 0 unspecified atom stereocenters. The van der Waals surface area contributed by atoms with Crippen LogP contribution in [0.25, 0.3) is 10.6 Å². The van der Waals surface area contributed by atoms with E-state index in [-0.39, 0.29) is 9.77 Å². The highest BCUT2D eigenvalue weighted by Gasteiger charge is 2.29. The summed E-state index contributed by atoms with van der Waals surface area (Å²) in [6, 6.07) is 13.5. The van der Waals surface area contributed by atoms with Crippen molar-refractivity contribution in [2.75, 3.05) is 39.3 Å². The minimum Gasteiger partial charge on any atom is -0.492 e. The minimum absolute atomic E-state index is 0.273. The number of halogens is 1. The van der Waals surface area contributed by atoms with Crippen molar-refractivity contribution in [2.24, 2.45) is 0 Å². The summed E-state index contributed by atoms with van der Waals surface area (Å²) in [6.07, 6.45) is 0. The Kier molecular flexibility index (Phi) is 6.73. The molecule has 0 atom stereocenters. The molecule has 0 aliphatic carbocycles. The van der Waals surface area contributed by atoms with E-state index in [2.05, 4.69) is 15.1 Å². The third-order valence-electron chi connectivity index (χ3n) is 4.93. The first-order valence-corrected chi connectivity index (χ1v) is 12.3. The van der Waals surface area contributed by atoms with Gasteiger partial charge in [-0.1, -0.05) is 11.6 Å². The van der Waals surface area contributed by atoms with Gasteiger partial charge in [0, 0.05) is 43.8 Å². The number of H-pyrrole nitrogens is 1. The van der Waals surface area contributed by atoms with Crippen LogP contribution in [0, 0.1) is 0 Å². The molecule has 0 spiro atoms. The van der Waals surface area contributed by atoms with Gasteiger partial charge in [0.05, 0.1) is 4.88 Å². The predicted molar refractivity (Wildman–Crippen MR) is 120 cm³/mol. The van der Waals surface area contributed by atoms with Gasteiger partial charge >= 0.3 is 0 Å². The fourth-order valence-electron chi connectivity index (χ4n) is 3.22. The first kappa shape index (κ1) is 22.0. The van der Waals surface area contributed by atoms with Crippen molar-refractivity contribution in [3.63, 3.8) is 0 Å². The summed E-state index contributed by atoms with van der Waals surface area (Å²) >= 11 is 7.02.